The molecule has 0 aliphatic carbocycles. The molecule has 0 aliphatic heterocycles. The van der Waals surface area contributed by atoms with Crippen LogP contribution >= 0.6 is 27.5 Å². The lowest BCUT2D eigenvalue weighted by Gasteiger charge is -1.92. The van der Waals surface area contributed by atoms with Crippen LogP contribution in [0.3, 0.4) is 0 Å². The minimum Gasteiger partial charge on any atom is -0.273 e. The van der Waals surface area contributed by atoms with Crippen LogP contribution in [0, 0.1) is 0 Å². The summed E-state index contributed by atoms with van der Waals surface area (Å²) < 4.78 is 0. The highest BCUT2D eigenvalue weighted by Gasteiger charge is 1.92. The molecule has 52 valence electrons. The van der Waals surface area contributed by atoms with Crippen LogP contribution in [0.4, 0.5) is 0 Å². The zero-order valence-electron chi connectivity index (χ0n) is 5.22. The lowest BCUT2D eigenvalue weighted by molar-refractivity contribution is 1.06. The third-order valence-electron chi connectivity index (χ3n) is 0.654. The second-order valence-corrected chi connectivity index (χ2v) is 2.56. The summed E-state index contributed by atoms with van der Waals surface area (Å²) in [5.41, 5.74) is -0.138. The van der Waals surface area contributed by atoms with E-state index in [1.807, 2.05) is 19.1 Å². The number of halogens is 2. The van der Waals surface area contributed by atoms with E-state index in [2.05, 4.69) is 20.9 Å². The van der Waals surface area contributed by atoms with Crippen molar-refractivity contribution in [2.45, 2.75) is 12.4 Å². The smallest absolute Gasteiger partial charge is 0.133 e. The molecule has 0 aromatic rings. The first-order chi connectivity index (χ1) is 4.31. The van der Waals surface area contributed by atoms with Crippen LogP contribution in [-0.4, -0.2) is 17.0 Å². The number of allylic oxidation sites excluding steroid dienone is 2. The zero-order chi connectivity index (χ0) is 7.11. The molecule has 0 amide bonds. The number of aliphatic imine (C=N–C) groups is 1. The van der Waals surface area contributed by atoms with Gasteiger partial charge in [-0.15, -0.1) is 0 Å². The molecule has 0 bridgehead atoms. The van der Waals surface area contributed by atoms with Crippen molar-refractivity contribution in [3.63, 3.8) is 0 Å². The molecule has 0 fully saturated rings. The molecular weight excluding hydrogens is 201 g/mol. The number of alkyl halides is 2. The van der Waals surface area contributed by atoms with Gasteiger partial charge in [-0.2, -0.15) is 0 Å². The van der Waals surface area contributed by atoms with E-state index >= 15 is 0 Å². The van der Waals surface area contributed by atoms with E-state index in [-0.39, 0.29) is 5.50 Å². The second-order valence-electron chi connectivity index (χ2n) is 1.41. The third-order valence-corrected chi connectivity index (χ3v) is 1.91. The predicted molar refractivity (Wildman–Crippen MR) is 46.7 cm³/mol. The molecule has 0 saturated heterocycles. The summed E-state index contributed by atoms with van der Waals surface area (Å²) in [6, 6.07) is 0. The Balaban J connectivity index is 3.43. The number of rotatable bonds is 3. The second kappa shape index (κ2) is 6.30. The van der Waals surface area contributed by atoms with E-state index in [4.69, 9.17) is 11.6 Å². The molecule has 9 heavy (non-hydrogen) atoms. The minimum atomic E-state index is -0.138. The Kier molecular flexibility index (Phi) is 6.43. The summed E-state index contributed by atoms with van der Waals surface area (Å²) in [7, 11) is 0. The van der Waals surface area contributed by atoms with E-state index in [9.17, 15) is 0 Å². The highest BCUT2D eigenvalue weighted by molar-refractivity contribution is 9.09. The highest BCUT2D eigenvalue weighted by atomic mass is 79.9. The number of hydrogen-bond acceptors (Lipinski definition) is 1. The minimum absolute atomic E-state index is 0.138. The van der Waals surface area contributed by atoms with Crippen LogP contribution in [0.15, 0.2) is 17.1 Å². The van der Waals surface area contributed by atoms with Crippen molar-refractivity contribution >= 4 is 33.7 Å². The van der Waals surface area contributed by atoms with Crippen LogP contribution in [0.25, 0.3) is 0 Å². The van der Waals surface area contributed by atoms with Gasteiger partial charge in [0.25, 0.3) is 0 Å². The fourth-order valence-corrected chi connectivity index (χ4v) is 0.501. The number of hydrogen-bond donors (Lipinski definition) is 0. The van der Waals surface area contributed by atoms with E-state index in [1.54, 1.807) is 6.21 Å². The Morgan fingerprint density at radius 3 is 2.89 bits per heavy atom. The molecule has 0 spiro atoms. The third kappa shape index (κ3) is 6.06. The summed E-state index contributed by atoms with van der Waals surface area (Å²) in [5, 5.41) is 0.697. The topological polar surface area (TPSA) is 12.4 Å². The zero-order valence-corrected chi connectivity index (χ0v) is 7.56. The summed E-state index contributed by atoms with van der Waals surface area (Å²) in [6.07, 6.45) is 5.44. The van der Waals surface area contributed by atoms with Crippen LogP contribution < -0.4 is 0 Å². The molecule has 1 atom stereocenters. The summed E-state index contributed by atoms with van der Waals surface area (Å²) in [5.74, 6) is 0. The Labute approximate surface area is 68.9 Å². The molecule has 1 nitrogen and oxygen atoms in total. The van der Waals surface area contributed by atoms with E-state index in [1.165, 1.54) is 0 Å². The van der Waals surface area contributed by atoms with Gasteiger partial charge in [-0.05, 0) is 13.0 Å². The van der Waals surface area contributed by atoms with Crippen molar-refractivity contribution in [2.24, 2.45) is 4.99 Å². The van der Waals surface area contributed by atoms with Crippen LogP contribution in [0.5, 0.6) is 0 Å². The molecule has 0 radical (unpaired) electrons. The van der Waals surface area contributed by atoms with Gasteiger partial charge in [0.15, 0.2) is 0 Å². The van der Waals surface area contributed by atoms with Crippen LogP contribution in [-0.2, 0) is 0 Å². The van der Waals surface area contributed by atoms with Crippen molar-refractivity contribution in [3.8, 4) is 0 Å². The van der Waals surface area contributed by atoms with Gasteiger partial charge in [0.1, 0.15) is 5.50 Å². The molecular formula is C6H9BrClN. The Hall–Kier alpha value is 0.180. The predicted octanol–water partition coefficient (Wildman–Crippen LogP) is 2.59. The van der Waals surface area contributed by atoms with Gasteiger partial charge in [0.2, 0.25) is 0 Å². The van der Waals surface area contributed by atoms with Crippen molar-refractivity contribution in [1.29, 1.82) is 0 Å². The van der Waals surface area contributed by atoms with Gasteiger partial charge in [-0.25, -0.2) is 0 Å². The van der Waals surface area contributed by atoms with Crippen molar-refractivity contribution in [3.05, 3.63) is 12.2 Å². The normalized spacial score (nSPS) is 15.4. The van der Waals surface area contributed by atoms with E-state index < -0.39 is 0 Å². The lowest BCUT2D eigenvalue weighted by atomic mass is 10.6. The largest absolute Gasteiger partial charge is 0.273 e. The summed E-state index contributed by atoms with van der Waals surface area (Å²) in [4.78, 5) is 3.94. The van der Waals surface area contributed by atoms with E-state index in [0.29, 0.717) is 5.33 Å². The molecule has 3 heteroatoms. The first-order valence-corrected chi connectivity index (χ1v) is 4.21. The van der Waals surface area contributed by atoms with Crippen molar-refractivity contribution in [2.75, 3.05) is 5.33 Å². The Bertz CT molecular complexity index is 112. The molecule has 0 saturated carbocycles. The lowest BCUT2D eigenvalue weighted by Crippen LogP contribution is -1.93. The van der Waals surface area contributed by atoms with E-state index in [0.717, 1.165) is 0 Å². The molecule has 0 rings (SSSR count). The average Bonchev–Trinajstić information content (AvgIpc) is 1.89. The molecule has 0 aromatic carbocycles. The molecule has 0 aromatic heterocycles. The average molecular weight is 211 g/mol. The molecule has 1 unspecified atom stereocenters. The Morgan fingerprint density at radius 2 is 2.44 bits per heavy atom. The maximum absolute atomic E-state index is 5.62. The molecule has 0 aliphatic rings. The van der Waals surface area contributed by atoms with Crippen LogP contribution in [0.2, 0.25) is 0 Å². The SMILES string of the molecule is C/C=C\C=N/C(Cl)CBr. The van der Waals surface area contributed by atoms with Gasteiger partial charge in [0.05, 0.1) is 0 Å². The monoisotopic (exact) mass is 209 g/mol. The van der Waals surface area contributed by atoms with Gasteiger partial charge in [-0.1, -0.05) is 33.6 Å². The van der Waals surface area contributed by atoms with Crippen molar-refractivity contribution < 1.29 is 0 Å². The molecule has 0 N–H and O–H groups in total. The maximum Gasteiger partial charge on any atom is 0.133 e. The molecule has 0 heterocycles. The van der Waals surface area contributed by atoms with Crippen LogP contribution in [0.1, 0.15) is 6.92 Å². The van der Waals surface area contributed by atoms with Gasteiger partial charge < -0.3 is 0 Å². The van der Waals surface area contributed by atoms with Gasteiger partial charge in [0, 0.05) is 11.5 Å². The van der Waals surface area contributed by atoms with Gasteiger partial charge >= 0.3 is 0 Å². The summed E-state index contributed by atoms with van der Waals surface area (Å²) in [6.45, 7) is 1.93. The summed E-state index contributed by atoms with van der Waals surface area (Å²) >= 11 is 8.82. The van der Waals surface area contributed by atoms with Gasteiger partial charge in [-0.3, -0.25) is 4.99 Å². The number of nitrogens with zero attached hydrogens (tertiary/aromatic N) is 1. The Morgan fingerprint density at radius 1 is 1.78 bits per heavy atom. The first kappa shape index (κ1) is 9.18. The first-order valence-electron chi connectivity index (χ1n) is 2.65. The standard InChI is InChI=1S/C6H9BrClN/c1-2-3-4-9-6(8)5-7/h2-4,6H,5H2,1H3/b3-2-,9-4-. The maximum atomic E-state index is 5.62. The fourth-order valence-electron chi connectivity index (χ4n) is 0.269. The fraction of sp³-hybridized carbons (Fsp3) is 0.500. The highest BCUT2D eigenvalue weighted by Crippen LogP contribution is 1.99. The van der Waals surface area contributed by atoms with Crippen molar-refractivity contribution in [1.82, 2.24) is 0 Å². The quantitative estimate of drug-likeness (QED) is 0.386.